The van der Waals surface area contributed by atoms with Crippen molar-refractivity contribution in [1.29, 1.82) is 0 Å². The van der Waals surface area contributed by atoms with E-state index in [1.165, 1.54) is 6.33 Å². The monoisotopic (exact) mass is 489 g/mol. The van der Waals surface area contributed by atoms with Crippen molar-refractivity contribution in [3.05, 3.63) is 71.0 Å². The van der Waals surface area contributed by atoms with E-state index in [-0.39, 0.29) is 18.3 Å². The summed E-state index contributed by atoms with van der Waals surface area (Å²) in [6, 6.07) is 13.7. The summed E-state index contributed by atoms with van der Waals surface area (Å²) in [4.78, 5) is 27.4. The smallest absolute Gasteiger partial charge is 0.243 e. The van der Waals surface area contributed by atoms with E-state index >= 15 is 0 Å². The molecule has 0 aliphatic carbocycles. The van der Waals surface area contributed by atoms with Gasteiger partial charge in [-0.1, -0.05) is 41.9 Å². The van der Waals surface area contributed by atoms with Gasteiger partial charge in [-0.15, -0.1) is 17.5 Å². The van der Waals surface area contributed by atoms with Crippen LogP contribution in [0, 0.1) is 0 Å². The molecule has 174 valence electrons. The van der Waals surface area contributed by atoms with Gasteiger partial charge in [0.1, 0.15) is 6.33 Å². The number of benzene rings is 2. The summed E-state index contributed by atoms with van der Waals surface area (Å²) in [5.74, 6) is -0.801. The number of imide groups is 1. The first-order valence-electron chi connectivity index (χ1n) is 10.4. The van der Waals surface area contributed by atoms with E-state index < -0.39 is 18.0 Å². The van der Waals surface area contributed by atoms with Crippen LogP contribution in [0.4, 0.5) is 0 Å². The zero-order valence-electron chi connectivity index (χ0n) is 17.8. The molecule has 1 saturated heterocycles. The third-order valence-electron chi connectivity index (χ3n) is 5.56. The van der Waals surface area contributed by atoms with E-state index in [0.717, 1.165) is 29.8 Å². The van der Waals surface area contributed by atoms with E-state index in [0.29, 0.717) is 24.4 Å². The summed E-state index contributed by atoms with van der Waals surface area (Å²) in [6.45, 7) is 1.20. The van der Waals surface area contributed by atoms with Gasteiger partial charge in [-0.05, 0) is 65.6 Å². The highest BCUT2D eigenvalue weighted by Crippen LogP contribution is 2.25. The molecule has 2 atom stereocenters. The van der Waals surface area contributed by atoms with Crippen LogP contribution in [-0.2, 0) is 22.6 Å². The first-order valence-corrected chi connectivity index (χ1v) is 10.8. The molecule has 2 heterocycles. The average Bonchev–Trinajstić information content (AvgIpc) is 3.47. The molecule has 3 N–H and O–H groups in total. The van der Waals surface area contributed by atoms with Gasteiger partial charge in [0.15, 0.2) is 0 Å². The first kappa shape index (κ1) is 24.8. The van der Waals surface area contributed by atoms with Crippen molar-refractivity contribution in [2.75, 3.05) is 6.54 Å². The lowest BCUT2D eigenvalue weighted by Crippen LogP contribution is -2.50. The van der Waals surface area contributed by atoms with E-state index in [2.05, 4.69) is 20.8 Å². The summed E-state index contributed by atoms with van der Waals surface area (Å²) >= 11 is 6.22. The van der Waals surface area contributed by atoms with E-state index in [1.807, 2.05) is 47.4 Å². The summed E-state index contributed by atoms with van der Waals surface area (Å²) < 4.78 is 1.56. The maximum atomic E-state index is 12.9. The Hall–Kier alpha value is -2.85. The van der Waals surface area contributed by atoms with Crippen LogP contribution in [0.5, 0.6) is 0 Å². The number of nitrogens with two attached hydrogens (primary N) is 1. The van der Waals surface area contributed by atoms with Crippen LogP contribution in [0.15, 0.2) is 54.9 Å². The van der Waals surface area contributed by atoms with Gasteiger partial charge in [0, 0.05) is 11.6 Å². The minimum Gasteiger partial charge on any atom is -0.320 e. The second-order valence-corrected chi connectivity index (χ2v) is 8.24. The topological polar surface area (TPSA) is 119 Å². The van der Waals surface area contributed by atoms with Gasteiger partial charge in [0.2, 0.25) is 11.8 Å². The highest BCUT2D eigenvalue weighted by Gasteiger charge is 2.33. The predicted octanol–water partition coefficient (Wildman–Crippen LogP) is 1.91. The lowest BCUT2D eigenvalue weighted by Gasteiger charge is -2.25. The zero-order valence-corrected chi connectivity index (χ0v) is 19.4. The fourth-order valence-corrected chi connectivity index (χ4v) is 4.16. The van der Waals surface area contributed by atoms with Crippen molar-refractivity contribution in [2.24, 2.45) is 5.73 Å². The van der Waals surface area contributed by atoms with Crippen molar-refractivity contribution in [3.63, 3.8) is 0 Å². The molecular weight excluding hydrogens is 465 g/mol. The number of rotatable bonds is 7. The number of hydrogen-bond donors (Lipinski definition) is 2. The van der Waals surface area contributed by atoms with Gasteiger partial charge < -0.3 is 5.73 Å². The Morgan fingerprint density at radius 1 is 1.21 bits per heavy atom. The standard InChI is InChI=1S/C22H24ClN7O2.ClH/c23-17-8-9-19(30-14-25-27-28-30)16(12-17)13-29-10-4-7-20(29)22(32)26-21(31)18(24)11-15-5-2-1-3-6-15;/h1-3,5-6,8-9,12,14,18,20H,4,7,10-11,13,24H2,(H,26,31,32);1H/t18-,20+;/m1./s1. The van der Waals surface area contributed by atoms with Crippen LogP contribution in [0.2, 0.25) is 5.02 Å². The zero-order chi connectivity index (χ0) is 22.5. The Morgan fingerprint density at radius 2 is 2.00 bits per heavy atom. The lowest BCUT2D eigenvalue weighted by atomic mass is 10.1. The minimum absolute atomic E-state index is 0. The van der Waals surface area contributed by atoms with Crippen molar-refractivity contribution in [2.45, 2.75) is 37.9 Å². The third-order valence-corrected chi connectivity index (χ3v) is 5.79. The molecule has 0 saturated carbocycles. The molecule has 9 nitrogen and oxygen atoms in total. The first-order chi connectivity index (χ1) is 15.5. The van der Waals surface area contributed by atoms with E-state index in [4.69, 9.17) is 17.3 Å². The van der Waals surface area contributed by atoms with Gasteiger partial charge in [-0.25, -0.2) is 4.68 Å². The lowest BCUT2D eigenvalue weighted by molar-refractivity contribution is -0.133. The van der Waals surface area contributed by atoms with Crippen molar-refractivity contribution < 1.29 is 9.59 Å². The van der Waals surface area contributed by atoms with E-state index in [9.17, 15) is 9.59 Å². The fourth-order valence-electron chi connectivity index (χ4n) is 3.97. The van der Waals surface area contributed by atoms with E-state index in [1.54, 1.807) is 10.7 Å². The number of hydrogen-bond acceptors (Lipinski definition) is 7. The Bertz CT molecular complexity index is 1080. The Morgan fingerprint density at radius 3 is 2.73 bits per heavy atom. The van der Waals surface area contributed by atoms with Crippen molar-refractivity contribution in [1.82, 2.24) is 30.4 Å². The molecule has 0 spiro atoms. The molecule has 0 radical (unpaired) electrons. The molecule has 3 aromatic rings. The molecule has 0 bridgehead atoms. The van der Waals surface area contributed by atoms with Crippen LogP contribution >= 0.6 is 24.0 Å². The number of nitrogens with one attached hydrogen (secondary N) is 1. The number of tetrazole rings is 1. The van der Waals surface area contributed by atoms with Gasteiger partial charge in [-0.2, -0.15) is 0 Å². The number of halogens is 2. The Balaban J connectivity index is 0.00000306. The second kappa shape index (κ2) is 11.3. The highest BCUT2D eigenvalue weighted by atomic mass is 35.5. The highest BCUT2D eigenvalue weighted by molar-refractivity contribution is 6.30. The molecule has 1 aliphatic heterocycles. The number of carbonyl (C=O) groups is 2. The minimum atomic E-state index is -0.796. The van der Waals surface area contributed by atoms with Crippen LogP contribution in [0.25, 0.3) is 5.69 Å². The summed E-state index contributed by atoms with van der Waals surface area (Å²) in [6.07, 6.45) is 3.39. The van der Waals surface area contributed by atoms with Crippen LogP contribution in [0.1, 0.15) is 24.0 Å². The molecule has 1 aromatic heterocycles. The SMILES string of the molecule is Cl.N[C@H](Cc1ccccc1)C(=O)NC(=O)[C@@H]1CCCN1Cc1cc(Cl)ccc1-n1cnnn1. The van der Waals surface area contributed by atoms with Crippen molar-refractivity contribution >= 4 is 35.8 Å². The van der Waals surface area contributed by atoms with Gasteiger partial charge in [0.05, 0.1) is 17.8 Å². The number of likely N-dealkylation sites (tertiary alicyclic amines) is 1. The maximum absolute atomic E-state index is 12.9. The molecule has 0 unspecified atom stereocenters. The molecule has 1 fully saturated rings. The number of amides is 2. The average molecular weight is 490 g/mol. The molecular formula is C22H25Cl2N7O2. The number of aromatic nitrogens is 4. The third kappa shape index (κ3) is 6.14. The van der Waals surface area contributed by atoms with Crippen LogP contribution < -0.4 is 11.1 Å². The largest absolute Gasteiger partial charge is 0.320 e. The summed E-state index contributed by atoms with van der Waals surface area (Å²) in [7, 11) is 0. The molecule has 11 heteroatoms. The predicted molar refractivity (Wildman–Crippen MR) is 126 cm³/mol. The maximum Gasteiger partial charge on any atom is 0.243 e. The van der Waals surface area contributed by atoms with Gasteiger partial charge in [-0.3, -0.25) is 19.8 Å². The van der Waals surface area contributed by atoms with Gasteiger partial charge in [0.25, 0.3) is 0 Å². The van der Waals surface area contributed by atoms with Gasteiger partial charge >= 0.3 is 0 Å². The normalized spacial score (nSPS) is 16.7. The van der Waals surface area contributed by atoms with Crippen molar-refractivity contribution in [3.8, 4) is 5.69 Å². The summed E-state index contributed by atoms with van der Waals surface area (Å²) in [5.41, 5.74) is 8.65. The number of nitrogens with zero attached hydrogens (tertiary/aromatic N) is 5. The molecule has 2 amide bonds. The fraction of sp³-hybridized carbons (Fsp3) is 0.318. The molecule has 2 aromatic carbocycles. The summed E-state index contributed by atoms with van der Waals surface area (Å²) in [5, 5.41) is 14.4. The molecule has 1 aliphatic rings. The Kier molecular flexibility index (Phi) is 8.51. The quantitative estimate of drug-likeness (QED) is 0.519. The second-order valence-electron chi connectivity index (χ2n) is 7.81. The van der Waals surface area contributed by atoms with Crippen LogP contribution in [0.3, 0.4) is 0 Å². The Labute approximate surface area is 202 Å². The van der Waals surface area contributed by atoms with Crippen LogP contribution in [-0.4, -0.2) is 55.5 Å². The molecule has 33 heavy (non-hydrogen) atoms. The number of carbonyl (C=O) groups excluding carboxylic acids is 2. The molecule has 4 rings (SSSR count).